The van der Waals surface area contributed by atoms with Crippen LogP contribution in [0.5, 0.6) is 0 Å². The number of nitrogens with zero attached hydrogens (tertiary/aromatic N) is 1. The number of carbonyl (C=O) groups excluding carboxylic acids is 1. The zero-order valence-electron chi connectivity index (χ0n) is 16.0. The van der Waals surface area contributed by atoms with Gasteiger partial charge in [0, 0.05) is 12.6 Å². The maximum atomic E-state index is 12.4. The first-order valence-corrected chi connectivity index (χ1v) is 10.4. The van der Waals surface area contributed by atoms with Gasteiger partial charge in [0.05, 0.1) is 19.3 Å². The normalized spacial score (nSPS) is 35.0. The molecule has 0 spiro atoms. The molecule has 0 aromatic rings. The van der Waals surface area contributed by atoms with Gasteiger partial charge in [0.1, 0.15) is 6.04 Å². The fourth-order valence-corrected chi connectivity index (χ4v) is 5.18. The first-order valence-electron chi connectivity index (χ1n) is 10.4. The summed E-state index contributed by atoms with van der Waals surface area (Å²) in [6.45, 7) is 3.47. The van der Waals surface area contributed by atoms with Crippen molar-refractivity contribution in [2.24, 2.45) is 11.8 Å². The smallest absolute Gasteiger partial charge is 0.320 e. The van der Waals surface area contributed by atoms with Gasteiger partial charge < -0.3 is 15.2 Å². The molecule has 1 amide bonds. The molecule has 2 N–H and O–H groups in total. The second kappa shape index (κ2) is 9.18. The molecule has 0 bridgehead atoms. The number of likely N-dealkylation sites (tertiary alicyclic amines) is 1. The molecule has 1 heterocycles. The van der Waals surface area contributed by atoms with Gasteiger partial charge in [-0.25, -0.2) is 0 Å². The van der Waals surface area contributed by atoms with Crippen molar-refractivity contribution in [1.29, 1.82) is 0 Å². The van der Waals surface area contributed by atoms with Crippen LogP contribution in [0.2, 0.25) is 0 Å². The Balaban J connectivity index is 1.42. The van der Waals surface area contributed by atoms with Crippen LogP contribution in [0.3, 0.4) is 0 Å². The van der Waals surface area contributed by atoms with E-state index in [2.05, 4.69) is 12.2 Å². The monoisotopic (exact) mass is 366 g/mol. The average Bonchev–Trinajstić information content (AvgIpc) is 2.99. The van der Waals surface area contributed by atoms with E-state index in [-0.39, 0.29) is 18.5 Å². The van der Waals surface area contributed by atoms with Crippen LogP contribution in [0, 0.1) is 11.8 Å². The lowest BCUT2D eigenvalue weighted by Gasteiger charge is -2.32. The maximum absolute atomic E-state index is 12.4. The summed E-state index contributed by atoms with van der Waals surface area (Å²) < 4.78 is 5.94. The summed E-state index contributed by atoms with van der Waals surface area (Å²) in [7, 11) is 0. The molecule has 3 aliphatic rings. The number of aliphatic carboxylic acids is 1. The second-order valence-corrected chi connectivity index (χ2v) is 8.39. The van der Waals surface area contributed by atoms with Gasteiger partial charge in [-0.3, -0.25) is 14.5 Å². The summed E-state index contributed by atoms with van der Waals surface area (Å²) in [5, 5.41) is 12.5. The highest BCUT2D eigenvalue weighted by Gasteiger charge is 2.45. The molecule has 6 heteroatoms. The van der Waals surface area contributed by atoms with E-state index in [4.69, 9.17) is 4.74 Å². The Morgan fingerprint density at radius 2 is 1.85 bits per heavy atom. The lowest BCUT2D eigenvalue weighted by Crippen LogP contribution is -2.48. The van der Waals surface area contributed by atoms with Gasteiger partial charge in [-0.05, 0) is 43.9 Å². The molecule has 1 saturated heterocycles. The van der Waals surface area contributed by atoms with Crippen LogP contribution in [0.25, 0.3) is 0 Å². The molecule has 0 aromatic carbocycles. The Morgan fingerprint density at radius 1 is 1.12 bits per heavy atom. The van der Waals surface area contributed by atoms with Crippen molar-refractivity contribution in [3.05, 3.63) is 0 Å². The third kappa shape index (κ3) is 4.77. The lowest BCUT2D eigenvalue weighted by atomic mass is 9.85. The number of nitrogens with one attached hydrogen (secondary N) is 1. The Bertz CT molecular complexity index is 498. The molecule has 148 valence electrons. The Labute approximate surface area is 156 Å². The SMILES string of the molecule is CC1CCCCC1OCCNC(=O)CN1C(C(=O)O)CC2CCCCC21. The van der Waals surface area contributed by atoms with Crippen molar-refractivity contribution in [2.45, 2.75) is 82.9 Å². The first kappa shape index (κ1) is 19.6. The number of fused-ring (bicyclic) bond motifs is 1. The third-order valence-electron chi connectivity index (χ3n) is 6.62. The number of rotatable bonds is 7. The molecule has 6 nitrogen and oxygen atoms in total. The van der Waals surface area contributed by atoms with Crippen molar-refractivity contribution >= 4 is 11.9 Å². The van der Waals surface area contributed by atoms with Gasteiger partial charge >= 0.3 is 5.97 Å². The van der Waals surface area contributed by atoms with E-state index in [1.54, 1.807) is 0 Å². The number of carbonyl (C=O) groups is 2. The van der Waals surface area contributed by atoms with Crippen molar-refractivity contribution in [3.63, 3.8) is 0 Å². The van der Waals surface area contributed by atoms with Crippen molar-refractivity contribution in [3.8, 4) is 0 Å². The molecule has 3 rings (SSSR count). The van der Waals surface area contributed by atoms with E-state index in [1.807, 2.05) is 4.90 Å². The predicted molar refractivity (Wildman–Crippen MR) is 98.9 cm³/mol. The second-order valence-electron chi connectivity index (χ2n) is 8.39. The molecule has 2 saturated carbocycles. The topological polar surface area (TPSA) is 78.9 Å². The van der Waals surface area contributed by atoms with Gasteiger partial charge in [-0.2, -0.15) is 0 Å². The van der Waals surface area contributed by atoms with Crippen LogP contribution in [0.1, 0.15) is 64.7 Å². The summed E-state index contributed by atoms with van der Waals surface area (Å²) in [6.07, 6.45) is 10.3. The number of ether oxygens (including phenoxy) is 1. The summed E-state index contributed by atoms with van der Waals surface area (Å²) in [4.78, 5) is 25.9. The lowest BCUT2D eigenvalue weighted by molar-refractivity contribution is -0.143. The fraction of sp³-hybridized carbons (Fsp3) is 0.900. The molecule has 5 atom stereocenters. The molecule has 0 aromatic heterocycles. The Kier molecular flexibility index (Phi) is 6.92. The number of carboxylic acids is 1. The number of hydrogen-bond donors (Lipinski definition) is 2. The predicted octanol–water partition coefficient (Wildman–Crippen LogP) is 2.42. The fourth-order valence-electron chi connectivity index (χ4n) is 5.18. The van der Waals surface area contributed by atoms with E-state index in [1.165, 1.54) is 25.7 Å². The van der Waals surface area contributed by atoms with E-state index in [0.29, 0.717) is 37.5 Å². The summed E-state index contributed by atoms with van der Waals surface area (Å²) >= 11 is 0. The molecule has 1 aliphatic heterocycles. The van der Waals surface area contributed by atoms with Gasteiger partial charge in [0.25, 0.3) is 0 Å². The highest BCUT2D eigenvalue weighted by Crippen LogP contribution is 2.39. The number of amides is 1. The Hall–Kier alpha value is -1.14. The summed E-state index contributed by atoms with van der Waals surface area (Å²) in [5.74, 6) is 0.168. The molecular weight excluding hydrogens is 332 g/mol. The average molecular weight is 367 g/mol. The number of carboxylic acid groups (broad SMARTS) is 1. The zero-order valence-corrected chi connectivity index (χ0v) is 16.0. The highest BCUT2D eigenvalue weighted by molar-refractivity contribution is 5.80. The maximum Gasteiger partial charge on any atom is 0.320 e. The minimum atomic E-state index is -0.790. The molecule has 26 heavy (non-hydrogen) atoms. The van der Waals surface area contributed by atoms with Crippen molar-refractivity contribution in [1.82, 2.24) is 10.2 Å². The van der Waals surface area contributed by atoms with E-state index in [0.717, 1.165) is 25.7 Å². The molecule has 5 unspecified atom stereocenters. The number of hydrogen-bond acceptors (Lipinski definition) is 4. The van der Waals surface area contributed by atoms with E-state index in [9.17, 15) is 14.7 Å². The molecule has 3 fully saturated rings. The van der Waals surface area contributed by atoms with Gasteiger partial charge in [-0.15, -0.1) is 0 Å². The van der Waals surface area contributed by atoms with E-state index < -0.39 is 12.0 Å². The van der Waals surface area contributed by atoms with Crippen LogP contribution >= 0.6 is 0 Å². The van der Waals surface area contributed by atoms with Crippen molar-refractivity contribution < 1.29 is 19.4 Å². The minimum Gasteiger partial charge on any atom is -0.480 e. The van der Waals surface area contributed by atoms with Crippen LogP contribution < -0.4 is 5.32 Å². The van der Waals surface area contributed by atoms with Crippen LogP contribution in [-0.2, 0) is 14.3 Å². The van der Waals surface area contributed by atoms with Crippen LogP contribution in [0.4, 0.5) is 0 Å². The quantitative estimate of drug-likeness (QED) is 0.677. The molecule has 2 aliphatic carbocycles. The van der Waals surface area contributed by atoms with Crippen molar-refractivity contribution in [2.75, 3.05) is 19.7 Å². The summed E-state index contributed by atoms with van der Waals surface area (Å²) in [6, 6.07) is -0.247. The van der Waals surface area contributed by atoms with E-state index >= 15 is 0 Å². The van der Waals surface area contributed by atoms with Crippen LogP contribution in [-0.4, -0.2) is 59.8 Å². The first-order chi connectivity index (χ1) is 12.6. The largest absolute Gasteiger partial charge is 0.480 e. The zero-order chi connectivity index (χ0) is 18.5. The van der Waals surface area contributed by atoms with Gasteiger partial charge in [0.2, 0.25) is 5.91 Å². The molecule has 0 radical (unpaired) electrons. The standard InChI is InChI=1S/C20H34N2O4/c1-14-6-2-5-9-18(14)26-11-10-21-19(23)13-22-16-8-4-3-7-15(16)12-17(22)20(24)25/h14-18H,2-13H2,1H3,(H,21,23)(H,24,25). The van der Waals surface area contributed by atoms with Gasteiger partial charge in [0.15, 0.2) is 0 Å². The molecular formula is C20H34N2O4. The summed E-state index contributed by atoms with van der Waals surface area (Å²) in [5.41, 5.74) is 0. The minimum absolute atomic E-state index is 0.0808. The van der Waals surface area contributed by atoms with Crippen LogP contribution in [0.15, 0.2) is 0 Å². The highest BCUT2D eigenvalue weighted by atomic mass is 16.5. The van der Waals surface area contributed by atoms with Gasteiger partial charge in [-0.1, -0.05) is 32.6 Å². The third-order valence-corrected chi connectivity index (χ3v) is 6.62. The Morgan fingerprint density at radius 3 is 2.62 bits per heavy atom.